The summed E-state index contributed by atoms with van der Waals surface area (Å²) >= 11 is 0. The van der Waals surface area contributed by atoms with E-state index < -0.39 is 0 Å². The van der Waals surface area contributed by atoms with E-state index >= 15 is 0 Å². The van der Waals surface area contributed by atoms with E-state index in [1.807, 2.05) is 11.8 Å². The maximum absolute atomic E-state index is 11.4. The summed E-state index contributed by atoms with van der Waals surface area (Å²) in [4.78, 5) is 13.2. The van der Waals surface area contributed by atoms with Crippen LogP contribution in [0, 0.1) is 0 Å². The molecule has 1 amide bonds. The molecule has 0 bridgehead atoms. The summed E-state index contributed by atoms with van der Waals surface area (Å²) in [6.07, 6.45) is 1.57. The summed E-state index contributed by atoms with van der Waals surface area (Å²) in [6, 6.07) is 0.0752. The van der Waals surface area contributed by atoms with Gasteiger partial charge in [0.15, 0.2) is 0 Å². The molecule has 76 valence electrons. The van der Waals surface area contributed by atoms with Crippen molar-refractivity contribution in [1.29, 1.82) is 0 Å². The molecule has 0 saturated carbocycles. The van der Waals surface area contributed by atoms with Gasteiger partial charge < -0.3 is 14.7 Å². The van der Waals surface area contributed by atoms with Gasteiger partial charge in [-0.15, -0.1) is 0 Å². The first-order valence-corrected chi connectivity index (χ1v) is 4.77. The average molecular weight is 187 g/mol. The second kappa shape index (κ2) is 5.19. The topological polar surface area (TPSA) is 49.8 Å². The van der Waals surface area contributed by atoms with Gasteiger partial charge in [-0.25, -0.2) is 0 Å². The van der Waals surface area contributed by atoms with Crippen molar-refractivity contribution in [1.82, 2.24) is 4.90 Å². The van der Waals surface area contributed by atoms with Crippen LogP contribution in [0.4, 0.5) is 0 Å². The van der Waals surface area contributed by atoms with Gasteiger partial charge in [-0.1, -0.05) is 6.92 Å². The van der Waals surface area contributed by atoms with Crippen molar-refractivity contribution in [2.75, 3.05) is 26.4 Å². The molecule has 4 nitrogen and oxygen atoms in total. The number of aliphatic hydroxyl groups is 1. The monoisotopic (exact) mass is 187 g/mol. The molecule has 4 heteroatoms. The Hall–Kier alpha value is -0.610. The van der Waals surface area contributed by atoms with Gasteiger partial charge in [0.05, 0.1) is 12.6 Å². The Bertz CT molecular complexity index is 170. The highest BCUT2D eigenvalue weighted by Crippen LogP contribution is 2.11. The third kappa shape index (κ3) is 2.67. The van der Waals surface area contributed by atoms with Crippen molar-refractivity contribution in [3.63, 3.8) is 0 Å². The number of hydrogen-bond donors (Lipinski definition) is 1. The van der Waals surface area contributed by atoms with E-state index in [1.54, 1.807) is 0 Å². The summed E-state index contributed by atoms with van der Waals surface area (Å²) in [5.74, 6) is 0.0477. The number of rotatable bonds is 4. The molecular weight excluding hydrogens is 170 g/mol. The van der Waals surface area contributed by atoms with E-state index in [4.69, 9.17) is 9.84 Å². The van der Waals surface area contributed by atoms with Gasteiger partial charge in [-0.3, -0.25) is 4.79 Å². The molecule has 1 unspecified atom stereocenters. The van der Waals surface area contributed by atoms with Gasteiger partial charge in [0.1, 0.15) is 6.61 Å². The number of morpholine rings is 1. The van der Waals surface area contributed by atoms with Crippen LogP contribution in [0.1, 0.15) is 19.8 Å². The Balaban J connectivity index is 2.51. The normalized spacial score (nSPS) is 23.7. The highest BCUT2D eigenvalue weighted by atomic mass is 16.5. The number of aliphatic hydroxyl groups excluding tert-OH is 1. The zero-order valence-electron chi connectivity index (χ0n) is 8.03. The minimum Gasteiger partial charge on any atom is -0.396 e. The second-order valence-electron chi connectivity index (χ2n) is 3.27. The fourth-order valence-electron chi connectivity index (χ4n) is 1.60. The molecule has 0 aliphatic carbocycles. The van der Waals surface area contributed by atoms with Crippen LogP contribution in [0.15, 0.2) is 0 Å². The van der Waals surface area contributed by atoms with Crippen molar-refractivity contribution >= 4 is 5.91 Å². The van der Waals surface area contributed by atoms with Gasteiger partial charge in [-0.05, 0) is 12.8 Å². The molecule has 1 fully saturated rings. The lowest BCUT2D eigenvalue weighted by Crippen LogP contribution is -2.49. The van der Waals surface area contributed by atoms with Crippen molar-refractivity contribution < 1.29 is 14.6 Å². The molecular formula is C9H17NO3. The molecule has 1 atom stereocenters. The lowest BCUT2D eigenvalue weighted by molar-refractivity contribution is -0.148. The third-order valence-corrected chi connectivity index (χ3v) is 2.22. The molecule has 1 aliphatic rings. The minimum atomic E-state index is 0.0477. The van der Waals surface area contributed by atoms with Crippen LogP contribution >= 0.6 is 0 Å². The average Bonchev–Trinajstić information content (AvgIpc) is 2.11. The Kier molecular flexibility index (Phi) is 4.18. The molecule has 13 heavy (non-hydrogen) atoms. The summed E-state index contributed by atoms with van der Waals surface area (Å²) < 4.78 is 5.12. The second-order valence-corrected chi connectivity index (χ2v) is 3.27. The first kappa shape index (κ1) is 10.5. The molecule has 0 spiro atoms. The number of amides is 1. The van der Waals surface area contributed by atoms with Crippen LogP contribution in [-0.2, 0) is 9.53 Å². The van der Waals surface area contributed by atoms with Crippen LogP contribution in [-0.4, -0.2) is 48.3 Å². The predicted molar refractivity (Wildman–Crippen MR) is 48.3 cm³/mol. The lowest BCUT2D eigenvalue weighted by Gasteiger charge is -2.35. The molecule has 1 saturated heterocycles. The largest absolute Gasteiger partial charge is 0.396 e. The highest BCUT2D eigenvalue weighted by molar-refractivity contribution is 5.78. The molecule has 0 aromatic heterocycles. The van der Waals surface area contributed by atoms with Gasteiger partial charge >= 0.3 is 0 Å². The third-order valence-electron chi connectivity index (χ3n) is 2.22. The van der Waals surface area contributed by atoms with Gasteiger partial charge in [0, 0.05) is 13.2 Å². The SMILES string of the molecule is CCCN1C(=O)COCC1CCO. The zero-order chi connectivity index (χ0) is 9.68. The van der Waals surface area contributed by atoms with Crippen LogP contribution in [0.25, 0.3) is 0 Å². The van der Waals surface area contributed by atoms with Crippen molar-refractivity contribution in [3.8, 4) is 0 Å². The van der Waals surface area contributed by atoms with Gasteiger partial charge in [-0.2, -0.15) is 0 Å². The molecule has 1 N–H and O–H groups in total. The summed E-state index contributed by atoms with van der Waals surface area (Å²) in [6.45, 7) is 3.68. The summed E-state index contributed by atoms with van der Waals surface area (Å²) in [5.41, 5.74) is 0. The zero-order valence-corrected chi connectivity index (χ0v) is 8.03. The fourth-order valence-corrected chi connectivity index (χ4v) is 1.60. The fraction of sp³-hybridized carbons (Fsp3) is 0.889. The minimum absolute atomic E-state index is 0.0477. The molecule has 1 heterocycles. The Morgan fingerprint density at radius 2 is 2.46 bits per heavy atom. The van der Waals surface area contributed by atoms with Gasteiger partial charge in [0.25, 0.3) is 0 Å². The molecule has 0 aromatic carbocycles. The number of nitrogens with zero attached hydrogens (tertiary/aromatic N) is 1. The van der Waals surface area contributed by atoms with E-state index in [9.17, 15) is 4.79 Å². The number of carbonyl (C=O) groups is 1. The van der Waals surface area contributed by atoms with Gasteiger partial charge in [0.2, 0.25) is 5.91 Å². The molecule has 0 radical (unpaired) electrons. The maximum Gasteiger partial charge on any atom is 0.248 e. The van der Waals surface area contributed by atoms with E-state index in [0.717, 1.165) is 13.0 Å². The Labute approximate surface area is 78.5 Å². The van der Waals surface area contributed by atoms with Crippen LogP contribution in [0.3, 0.4) is 0 Å². The lowest BCUT2D eigenvalue weighted by atomic mass is 10.1. The van der Waals surface area contributed by atoms with Crippen LogP contribution < -0.4 is 0 Å². The van der Waals surface area contributed by atoms with E-state index in [2.05, 4.69) is 0 Å². The van der Waals surface area contributed by atoms with Crippen LogP contribution in [0.2, 0.25) is 0 Å². The van der Waals surface area contributed by atoms with E-state index in [0.29, 0.717) is 13.0 Å². The first-order chi connectivity index (χ1) is 6.29. The Morgan fingerprint density at radius 3 is 3.08 bits per heavy atom. The molecule has 1 rings (SSSR count). The Morgan fingerprint density at radius 1 is 1.69 bits per heavy atom. The summed E-state index contributed by atoms with van der Waals surface area (Å²) in [5, 5.41) is 8.80. The van der Waals surface area contributed by atoms with Crippen molar-refractivity contribution in [2.24, 2.45) is 0 Å². The number of hydrogen-bond acceptors (Lipinski definition) is 3. The van der Waals surface area contributed by atoms with Crippen molar-refractivity contribution in [2.45, 2.75) is 25.8 Å². The van der Waals surface area contributed by atoms with Crippen LogP contribution in [0.5, 0.6) is 0 Å². The summed E-state index contributed by atoms with van der Waals surface area (Å²) in [7, 11) is 0. The van der Waals surface area contributed by atoms with E-state index in [1.165, 1.54) is 0 Å². The standard InChI is InChI=1S/C9H17NO3/c1-2-4-10-8(3-5-11)6-13-7-9(10)12/h8,11H,2-7H2,1H3. The van der Waals surface area contributed by atoms with Crippen molar-refractivity contribution in [3.05, 3.63) is 0 Å². The quantitative estimate of drug-likeness (QED) is 0.674. The number of ether oxygens (including phenoxy) is 1. The smallest absolute Gasteiger partial charge is 0.248 e. The molecule has 0 aromatic rings. The maximum atomic E-state index is 11.4. The highest BCUT2D eigenvalue weighted by Gasteiger charge is 2.27. The first-order valence-electron chi connectivity index (χ1n) is 4.77. The molecule has 1 aliphatic heterocycles. The predicted octanol–water partition coefficient (Wildman–Crippen LogP) is 0.00620. The number of carbonyl (C=O) groups excluding carboxylic acids is 1. The van der Waals surface area contributed by atoms with E-state index in [-0.39, 0.29) is 25.2 Å².